The van der Waals surface area contributed by atoms with Crippen molar-refractivity contribution in [1.82, 2.24) is 10.2 Å². The summed E-state index contributed by atoms with van der Waals surface area (Å²) < 4.78 is 10.7. The van der Waals surface area contributed by atoms with E-state index >= 15 is 0 Å². The average molecular weight is 284 g/mol. The van der Waals surface area contributed by atoms with Crippen LogP contribution in [0.1, 0.15) is 38.5 Å². The Labute approximate surface area is 122 Å². The Bertz CT molecular complexity index is 309. The Morgan fingerprint density at radius 2 is 2.00 bits per heavy atom. The van der Waals surface area contributed by atoms with Gasteiger partial charge in [0, 0.05) is 33.2 Å². The second kappa shape index (κ2) is 7.84. The highest BCUT2D eigenvalue weighted by atomic mass is 16.5. The van der Waals surface area contributed by atoms with E-state index in [-0.39, 0.29) is 18.2 Å². The normalized spacial score (nSPS) is 31.1. The molecule has 2 rings (SSSR count). The predicted octanol–water partition coefficient (Wildman–Crippen LogP) is 2.01. The van der Waals surface area contributed by atoms with Gasteiger partial charge in [-0.1, -0.05) is 12.8 Å². The van der Waals surface area contributed by atoms with Gasteiger partial charge in [-0.2, -0.15) is 0 Å². The summed E-state index contributed by atoms with van der Waals surface area (Å²) in [4.78, 5) is 14.3. The first-order valence-electron chi connectivity index (χ1n) is 7.81. The van der Waals surface area contributed by atoms with Crippen molar-refractivity contribution in [3.8, 4) is 0 Å². The summed E-state index contributed by atoms with van der Waals surface area (Å²) in [6.45, 7) is 2.41. The van der Waals surface area contributed by atoms with E-state index < -0.39 is 0 Å². The largest absolute Gasteiger partial charge is 0.384 e. The maximum absolute atomic E-state index is 12.4. The van der Waals surface area contributed by atoms with Crippen LogP contribution in [0.15, 0.2) is 0 Å². The zero-order chi connectivity index (χ0) is 14.4. The van der Waals surface area contributed by atoms with Gasteiger partial charge in [-0.05, 0) is 25.7 Å². The Kier molecular flexibility index (Phi) is 6.10. The number of hydrogen-bond donors (Lipinski definition) is 1. The van der Waals surface area contributed by atoms with Gasteiger partial charge in [-0.15, -0.1) is 0 Å². The molecule has 1 aliphatic heterocycles. The van der Waals surface area contributed by atoms with Gasteiger partial charge in [0.25, 0.3) is 0 Å². The summed E-state index contributed by atoms with van der Waals surface area (Å²) in [5, 5.41) is 3.17. The minimum atomic E-state index is 0.0692. The molecule has 0 spiro atoms. The molecular formula is C15H28N2O3. The second-order valence-electron chi connectivity index (χ2n) is 6.02. The molecule has 2 aliphatic rings. The number of carbonyl (C=O) groups excluding carboxylic acids is 1. The van der Waals surface area contributed by atoms with Crippen molar-refractivity contribution < 1.29 is 14.3 Å². The van der Waals surface area contributed by atoms with Gasteiger partial charge in [0.1, 0.15) is 0 Å². The zero-order valence-corrected chi connectivity index (χ0v) is 12.8. The lowest BCUT2D eigenvalue weighted by Crippen LogP contribution is -2.53. The van der Waals surface area contributed by atoms with Crippen LogP contribution in [-0.4, -0.2) is 57.0 Å². The van der Waals surface area contributed by atoms with Crippen LogP contribution >= 0.6 is 0 Å². The minimum Gasteiger partial charge on any atom is -0.384 e. The fourth-order valence-electron chi connectivity index (χ4n) is 3.42. The molecule has 1 saturated carbocycles. The number of nitrogens with one attached hydrogen (secondary N) is 1. The Morgan fingerprint density at radius 3 is 2.75 bits per heavy atom. The Hall–Kier alpha value is -0.810. The molecule has 0 aromatic rings. The van der Waals surface area contributed by atoms with Crippen molar-refractivity contribution >= 4 is 6.03 Å². The predicted molar refractivity (Wildman–Crippen MR) is 77.8 cm³/mol. The molecule has 1 saturated heterocycles. The lowest BCUT2D eigenvalue weighted by molar-refractivity contribution is 0.0409. The number of piperidine rings is 1. The number of amides is 2. The molecule has 0 unspecified atom stereocenters. The number of hydrogen-bond acceptors (Lipinski definition) is 3. The topological polar surface area (TPSA) is 50.8 Å². The molecule has 3 atom stereocenters. The summed E-state index contributed by atoms with van der Waals surface area (Å²) in [7, 11) is 3.47. The van der Waals surface area contributed by atoms with E-state index in [2.05, 4.69) is 5.32 Å². The van der Waals surface area contributed by atoms with Crippen LogP contribution in [0.25, 0.3) is 0 Å². The third-order valence-electron chi connectivity index (χ3n) is 4.52. The third-order valence-corrected chi connectivity index (χ3v) is 4.52. The van der Waals surface area contributed by atoms with Gasteiger partial charge in [-0.3, -0.25) is 0 Å². The number of ether oxygens (including phenoxy) is 2. The van der Waals surface area contributed by atoms with E-state index in [0.717, 1.165) is 45.4 Å². The molecule has 116 valence electrons. The van der Waals surface area contributed by atoms with Gasteiger partial charge in [0.15, 0.2) is 0 Å². The van der Waals surface area contributed by atoms with E-state index in [9.17, 15) is 4.79 Å². The quantitative estimate of drug-likeness (QED) is 0.859. The molecular weight excluding hydrogens is 256 g/mol. The van der Waals surface area contributed by atoms with E-state index in [1.165, 1.54) is 12.8 Å². The molecule has 5 heteroatoms. The monoisotopic (exact) mass is 284 g/mol. The number of methoxy groups -OCH3 is 2. The van der Waals surface area contributed by atoms with Crippen LogP contribution < -0.4 is 5.32 Å². The van der Waals surface area contributed by atoms with Crippen LogP contribution in [0.4, 0.5) is 4.79 Å². The van der Waals surface area contributed by atoms with Gasteiger partial charge in [-0.25, -0.2) is 4.79 Å². The number of nitrogens with zero attached hydrogens (tertiary/aromatic N) is 1. The SMILES string of the molecule is COC[C@@H]1CCCN(C(=O)N[C@@H]2CCCC[C@H]2OC)C1. The highest BCUT2D eigenvalue weighted by molar-refractivity contribution is 5.74. The number of urea groups is 1. The van der Waals surface area contributed by atoms with Gasteiger partial charge < -0.3 is 19.7 Å². The van der Waals surface area contributed by atoms with Gasteiger partial charge in [0.2, 0.25) is 0 Å². The van der Waals surface area contributed by atoms with Crippen LogP contribution in [0.5, 0.6) is 0 Å². The van der Waals surface area contributed by atoms with Crippen molar-refractivity contribution in [2.24, 2.45) is 5.92 Å². The molecule has 1 N–H and O–H groups in total. The van der Waals surface area contributed by atoms with Crippen LogP contribution in [0, 0.1) is 5.92 Å². The lowest BCUT2D eigenvalue weighted by atomic mass is 9.92. The summed E-state index contributed by atoms with van der Waals surface area (Å²) in [5.41, 5.74) is 0. The molecule has 0 radical (unpaired) electrons. The molecule has 1 aliphatic carbocycles. The Morgan fingerprint density at radius 1 is 1.20 bits per heavy atom. The summed E-state index contributed by atoms with van der Waals surface area (Å²) in [6, 6.07) is 0.240. The Balaban J connectivity index is 1.83. The fourth-order valence-corrected chi connectivity index (χ4v) is 3.42. The van der Waals surface area contributed by atoms with Crippen LogP contribution in [0.2, 0.25) is 0 Å². The zero-order valence-electron chi connectivity index (χ0n) is 12.8. The van der Waals surface area contributed by atoms with Gasteiger partial charge >= 0.3 is 6.03 Å². The molecule has 0 aromatic carbocycles. The van der Waals surface area contributed by atoms with E-state index in [1.807, 2.05) is 4.90 Å². The van der Waals surface area contributed by atoms with Crippen molar-refractivity contribution in [2.45, 2.75) is 50.7 Å². The lowest BCUT2D eigenvalue weighted by Gasteiger charge is -2.36. The van der Waals surface area contributed by atoms with E-state index in [0.29, 0.717) is 5.92 Å². The minimum absolute atomic E-state index is 0.0692. The number of rotatable bonds is 4. The molecule has 2 fully saturated rings. The van der Waals surface area contributed by atoms with Gasteiger partial charge in [0.05, 0.1) is 18.8 Å². The molecule has 2 amide bonds. The van der Waals surface area contributed by atoms with Crippen molar-refractivity contribution in [3.63, 3.8) is 0 Å². The fraction of sp³-hybridized carbons (Fsp3) is 0.933. The smallest absolute Gasteiger partial charge is 0.317 e. The van der Waals surface area contributed by atoms with E-state index in [4.69, 9.17) is 9.47 Å². The molecule has 0 aromatic heterocycles. The molecule has 0 bridgehead atoms. The first-order chi connectivity index (χ1) is 9.74. The molecule has 20 heavy (non-hydrogen) atoms. The second-order valence-corrected chi connectivity index (χ2v) is 6.02. The first kappa shape index (κ1) is 15.6. The summed E-state index contributed by atoms with van der Waals surface area (Å²) in [5.74, 6) is 0.476. The van der Waals surface area contributed by atoms with Crippen LogP contribution in [-0.2, 0) is 9.47 Å². The molecule has 1 heterocycles. The van der Waals surface area contributed by atoms with Crippen molar-refractivity contribution in [2.75, 3.05) is 33.9 Å². The molecule has 5 nitrogen and oxygen atoms in total. The average Bonchev–Trinajstić information content (AvgIpc) is 2.48. The highest BCUT2D eigenvalue weighted by Crippen LogP contribution is 2.22. The number of carbonyl (C=O) groups is 1. The maximum atomic E-state index is 12.4. The summed E-state index contributed by atoms with van der Waals surface area (Å²) in [6.07, 6.45) is 6.85. The maximum Gasteiger partial charge on any atom is 0.317 e. The van der Waals surface area contributed by atoms with Crippen LogP contribution in [0.3, 0.4) is 0 Å². The third kappa shape index (κ3) is 4.09. The summed E-state index contributed by atoms with van der Waals surface area (Å²) >= 11 is 0. The van der Waals surface area contributed by atoms with E-state index in [1.54, 1.807) is 14.2 Å². The highest BCUT2D eigenvalue weighted by Gasteiger charge is 2.29. The standard InChI is InChI=1S/C15H28N2O3/c1-19-11-12-6-5-9-17(10-12)15(18)16-13-7-3-4-8-14(13)20-2/h12-14H,3-11H2,1-2H3,(H,16,18)/t12-,13-,14-/m1/s1. The van der Waals surface area contributed by atoms with Crippen molar-refractivity contribution in [1.29, 1.82) is 0 Å². The van der Waals surface area contributed by atoms with Crippen molar-refractivity contribution in [3.05, 3.63) is 0 Å². The number of likely N-dealkylation sites (tertiary alicyclic amines) is 1. The first-order valence-corrected chi connectivity index (χ1v) is 7.81.